The van der Waals surface area contributed by atoms with Crippen LogP contribution in [0.3, 0.4) is 0 Å². The first-order valence-electron chi connectivity index (χ1n) is 4.78. The van der Waals surface area contributed by atoms with Crippen LogP contribution in [-0.4, -0.2) is 11.2 Å². The van der Waals surface area contributed by atoms with Crippen LogP contribution >= 0.6 is 11.8 Å². The lowest BCUT2D eigenvalue weighted by atomic mass is 10.1. The zero-order chi connectivity index (χ0) is 11.5. The number of pyridine rings is 1. The minimum absolute atomic E-state index is 0.271. The summed E-state index contributed by atoms with van der Waals surface area (Å²) in [6.45, 7) is 0. The third-order valence-electron chi connectivity index (χ3n) is 2.23. The first-order chi connectivity index (χ1) is 7.72. The van der Waals surface area contributed by atoms with Gasteiger partial charge in [0.05, 0.1) is 11.4 Å². The summed E-state index contributed by atoms with van der Waals surface area (Å²) >= 11 is 1.45. The molecule has 1 aromatic carbocycles. The van der Waals surface area contributed by atoms with Crippen molar-refractivity contribution in [3.63, 3.8) is 0 Å². The Morgan fingerprint density at radius 3 is 2.62 bits per heavy atom. The Balaban J connectivity index is 2.53. The monoisotopic (exact) mass is 234 g/mol. The van der Waals surface area contributed by atoms with Gasteiger partial charge in [0.25, 0.3) is 0 Å². The molecule has 0 saturated carbocycles. The number of benzene rings is 1. The number of nitrogen functional groups attached to an aromatic ring is 1. The van der Waals surface area contributed by atoms with Crippen LogP contribution in [0.1, 0.15) is 0 Å². The number of aromatic nitrogens is 1. The number of thioether (sulfide) groups is 1. The Kier molecular flexibility index (Phi) is 3.10. The molecule has 0 aliphatic carbocycles. The Morgan fingerprint density at radius 2 is 1.94 bits per heavy atom. The molecule has 2 N–H and O–H groups in total. The molecule has 2 aromatic rings. The molecule has 0 spiro atoms. The Hall–Kier alpha value is -1.55. The van der Waals surface area contributed by atoms with Crippen molar-refractivity contribution in [3.8, 4) is 11.3 Å². The first-order valence-corrected chi connectivity index (χ1v) is 6.00. The number of anilines is 1. The number of nitrogens with zero attached hydrogens (tertiary/aromatic N) is 1. The molecule has 0 amide bonds. The number of hydrogen-bond acceptors (Lipinski definition) is 3. The highest BCUT2D eigenvalue weighted by Gasteiger charge is 2.07. The average molecular weight is 234 g/mol. The summed E-state index contributed by atoms with van der Waals surface area (Å²) in [6.07, 6.45) is 1.89. The van der Waals surface area contributed by atoms with Crippen molar-refractivity contribution < 1.29 is 4.39 Å². The van der Waals surface area contributed by atoms with E-state index in [0.29, 0.717) is 16.9 Å². The zero-order valence-corrected chi connectivity index (χ0v) is 9.59. The van der Waals surface area contributed by atoms with E-state index in [4.69, 9.17) is 5.73 Å². The average Bonchev–Trinajstić information content (AvgIpc) is 2.31. The summed E-state index contributed by atoms with van der Waals surface area (Å²) in [6, 6.07) is 10.1. The van der Waals surface area contributed by atoms with Crippen LogP contribution in [0.15, 0.2) is 41.4 Å². The molecule has 82 valence electrons. The van der Waals surface area contributed by atoms with Crippen molar-refractivity contribution >= 4 is 17.4 Å². The van der Waals surface area contributed by atoms with Crippen molar-refractivity contribution in [1.29, 1.82) is 0 Å². The number of nitrogens with two attached hydrogens (primary N) is 1. The molecular formula is C12H11FN2S. The Morgan fingerprint density at radius 1 is 1.19 bits per heavy atom. The SMILES string of the molecule is CSc1nc(-c2ccccc2F)ccc1N. The quantitative estimate of drug-likeness (QED) is 0.811. The van der Waals surface area contributed by atoms with Gasteiger partial charge in [-0.3, -0.25) is 0 Å². The van der Waals surface area contributed by atoms with Crippen molar-refractivity contribution in [2.45, 2.75) is 5.03 Å². The zero-order valence-electron chi connectivity index (χ0n) is 8.77. The van der Waals surface area contributed by atoms with Gasteiger partial charge in [-0.25, -0.2) is 9.37 Å². The summed E-state index contributed by atoms with van der Waals surface area (Å²) in [5, 5.41) is 0.723. The molecule has 0 aliphatic heterocycles. The van der Waals surface area contributed by atoms with Crippen LogP contribution in [0.2, 0.25) is 0 Å². The molecule has 16 heavy (non-hydrogen) atoms. The highest BCUT2D eigenvalue weighted by atomic mass is 32.2. The van der Waals surface area contributed by atoms with Gasteiger partial charge in [0, 0.05) is 5.56 Å². The molecule has 1 heterocycles. The van der Waals surface area contributed by atoms with E-state index in [2.05, 4.69) is 4.98 Å². The number of halogens is 1. The van der Waals surface area contributed by atoms with Gasteiger partial charge in [-0.15, -0.1) is 11.8 Å². The largest absolute Gasteiger partial charge is 0.397 e. The summed E-state index contributed by atoms with van der Waals surface area (Å²) in [5.41, 5.74) is 7.46. The second-order valence-electron chi connectivity index (χ2n) is 3.27. The second-order valence-corrected chi connectivity index (χ2v) is 4.07. The molecule has 2 nitrogen and oxygen atoms in total. The molecular weight excluding hydrogens is 223 g/mol. The van der Waals surface area contributed by atoms with Gasteiger partial charge in [0.15, 0.2) is 0 Å². The molecule has 4 heteroatoms. The van der Waals surface area contributed by atoms with Crippen molar-refractivity contribution in [3.05, 3.63) is 42.2 Å². The van der Waals surface area contributed by atoms with E-state index in [1.807, 2.05) is 6.26 Å². The van der Waals surface area contributed by atoms with Crippen LogP contribution < -0.4 is 5.73 Å². The minimum Gasteiger partial charge on any atom is -0.397 e. The highest BCUT2D eigenvalue weighted by Crippen LogP contribution is 2.26. The molecule has 0 saturated heterocycles. The topological polar surface area (TPSA) is 38.9 Å². The van der Waals surface area contributed by atoms with Gasteiger partial charge in [0.2, 0.25) is 0 Å². The van der Waals surface area contributed by atoms with E-state index in [1.165, 1.54) is 17.8 Å². The van der Waals surface area contributed by atoms with Gasteiger partial charge in [-0.1, -0.05) is 12.1 Å². The molecule has 1 aromatic heterocycles. The van der Waals surface area contributed by atoms with Gasteiger partial charge in [-0.2, -0.15) is 0 Å². The van der Waals surface area contributed by atoms with E-state index >= 15 is 0 Å². The fraction of sp³-hybridized carbons (Fsp3) is 0.0833. The molecule has 0 unspecified atom stereocenters. The van der Waals surface area contributed by atoms with E-state index < -0.39 is 0 Å². The van der Waals surface area contributed by atoms with Crippen LogP contribution in [0.4, 0.5) is 10.1 Å². The molecule has 0 radical (unpaired) electrons. The van der Waals surface area contributed by atoms with Crippen LogP contribution in [0, 0.1) is 5.82 Å². The van der Waals surface area contributed by atoms with Crippen molar-refractivity contribution in [1.82, 2.24) is 4.98 Å². The lowest BCUT2D eigenvalue weighted by molar-refractivity contribution is 0.630. The molecule has 0 atom stereocenters. The third-order valence-corrected chi connectivity index (χ3v) is 2.95. The molecule has 0 fully saturated rings. The molecule has 2 rings (SSSR count). The fourth-order valence-corrected chi connectivity index (χ4v) is 1.93. The lowest BCUT2D eigenvalue weighted by Crippen LogP contribution is -1.94. The predicted molar refractivity (Wildman–Crippen MR) is 65.8 cm³/mol. The summed E-state index contributed by atoms with van der Waals surface area (Å²) in [5.74, 6) is -0.271. The minimum atomic E-state index is -0.271. The number of rotatable bonds is 2. The van der Waals surface area contributed by atoms with Gasteiger partial charge in [-0.05, 0) is 30.5 Å². The van der Waals surface area contributed by atoms with Gasteiger partial charge >= 0.3 is 0 Å². The van der Waals surface area contributed by atoms with Gasteiger partial charge in [0.1, 0.15) is 10.8 Å². The van der Waals surface area contributed by atoms with Crippen LogP contribution in [0.5, 0.6) is 0 Å². The number of hydrogen-bond donors (Lipinski definition) is 1. The van der Waals surface area contributed by atoms with E-state index in [0.717, 1.165) is 5.03 Å². The summed E-state index contributed by atoms with van der Waals surface area (Å²) in [7, 11) is 0. The summed E-state index contributed by atoms with van der Waals surface area (Å²) < 4.78 is 13.5. The third kappa shape index (κ3) is 2.02. The summed E-state index contributed by atoms with van der Waals surface area (Å²) in [4.78, 5) is 4.32. The van der Waals surface area contributed by atoms with E-state index in [1.54, 1.807) is 30.3 Å². The van der Waals surface area contributed by atoms with Gasteiger partial charge < -0.3 is 5.73 Å². The lowest BCUT2D eigenvalue weighted by Gasteiger charge is -2.06. The second kappa shape index (κ2) is 4.53. The van der Waals surface area contributed by atoms with Crippen molar-refractivity contribution in [2.24, 2.45) is 0 Å². The molecule has 0 aliphatic rings. The predicted octanol–water partition coefficient (Wildman–Crippen LogP) is 3.19. The van der Waals surface area contributed by atoms with E-state index in [-0.39, 0.29) is 5.82 Å². The standard InChI is InChI=1S/C12H11FN2S/c1-16-12-10(14)6-7-11(15-12)8-4-2-3-5-9(8)13/h2-7H,14H2,1H3. The Labute approximate surface area is 97.7 Å². The maximum Gasteiger partial charge on any atom is 0.132 e. The maximum atomic E-state index is 13.5. The van der Waals surface area contributed by atoms with Crippen molar-refractivity contribution in [2.75, 3.05) is 12.0 Å². The maximum absolute atomic E-state index is 13.5. The Bertz CT molecular complexity index is 514. The van der Waals surface area contributed by atoms with E-state index in [9.17, 15) is 4.39 Å². The van der Waals surface area contributed by atoms with Crippen LogP contribution in [0.25, 0.3) is 11.3 Å². The normalized spacial score (nSPS) is 10.4. The fourth-order valence-electron chi connectivity index (χ4n) is 1.43. The van der Waals surface area contributed by atoms with Crippen LogP contribution in [-0.2, 0) is 0 Å². The highest BCUT2D eigenvalue weighted by molar-refractivity contribution is 7.98. The first kappa shape index (κ1) is 11.0. The smallest absolute Gasteiger partial charge is 0.132 e. The molecule has 0 bridgehead atoms.